The van der Waals surface area contributed by atoms with Gasteiger partial charge in [-0.15, -0.1) is 12.4 Å². The second-order valence-electron chi connectivity index (χ2n) is 4.84. The number of carbonyl (C=O) groups excluding carboxylic acids is 1. The lowest BCUT2D eigenvalue weighted by atomic mass is 9.98. The first kappa shape index (κ1) is 13.7. The van der Waals surface area contributed by atoms with Crippen LogP contribution >= 0.6 is 12.4 Å². The molecule has 0 aromatic heterocycles. The summed E-state index contributed by atoms with van der Waals surface area (Å²) in [5.41, 5.74) is 5.32. The van der Waals surface area contributed by atoms with Gasteiger partial charge in [0.05, 0.1) is 5.92 Å². The van der Waals surface area contributed by atoms with Crippen molar-refractivity contribution in [3.63, 3.8) is 0 Å². The van der Waals surface area contributed by atoms with Crippen molar-refractivity contribution < 1.29 is 4.79 Å². The van der Waals surface area contributed by atoms with Crippen molar-refractivity contribution in [1.82, 2.24) is 10.2 Å². The highest BCUT2D eigenvalue weighted by molar-refractivity contribution is 5.85. The van der Waals surface area contributed by atoms with Crippen LogP contribution in [0.25, 0.3) is 0 Å². The molecule has 94 valence electrons. The molecule has 0 aliphatic carbocycles. The normalized spacial score (nSPS) is 27.6. The van der Waals surface area contributed by atoms with Gasteiger partial charge in [-0.1, -0.05) is 0 Å². The summed E-state index contributed by atoms with van der Waals surface area (Å²) in [5.74, 6) is 0.799. The van der Waals surface area contributed by atoms with Crippen molar-refractivity contribution in [2.75, 3.05) is 32.7 Å². The molecule has 3 N–H and O–H groups in total. The van der Waals surface area contributed by atoms with E-state index in [4.69, 9.17) is 5.73 Å². The minimum absolute atomic E-state index is 0. The zero-order valence-electron chi connectivity index (χ0n) is 9.65. The summed E-state index contributed by atoms with van der Waals surface area (Å²) in [6, 6.07) is 0. The zero-order valence-corrected chi connectivity index (χ0v) is 10.5. The molecule has 2 heterocycles. The van der Waals surface area contributed by atoms with Crippen molar-refractivity contribution in [2.45, 2.75) is 19.3 Å². The molecule has 2 fully saturated rings. The first-order chi connectivity index (χ1) is 7.25. The van der Waals surface area contributed by atoms with E-state index in [9.17, 15) is 4.79 Å². The summed E-state index contributed by atoms with van der Waals surface area (Å²) in [6.45, 7) is 5.40. The third-order valence-electron chi connectivity index (χ3n) is 3.65. The number of hydrogen-bond acceptors (Lipinski definition) is 3. The van der Waals surface area contributed by atoms with E-state index < -0.39 is 0 Å². The van der Waals surface area contributed by atoms with Gasteiger partial charge in [-0.05, 0) is 44.8 Å². The first-order valence-corrected chi connectivity index (χ1v) is 5.98. The molecule has 0 aromatic carbocycles. The van der Waals surface area contributed by atoms with Gasteiger partial charge < -0.3 is 16.0 Å². The number of halogens is 1. The number of amides is 1. The van der Waals surface area contributed by atoms with Crippen LogP contribution in [0.15, 0.2) is 0 Å². The largest absolute Gasteiger partial charge is 0.369 e. The molecular formula is C11H22ClN3O. The van der Waals surface area contributed by atoms with Crippen molar-refractivity contribution in [2.24, 2.45) is 17.6 Å². The highest BCUT2D eigenvalue weighted by Gasteiger charge is 2.28. The maximum atomic E-state index is 11.0. The Bertz CT molecular complexity index is 231. The smallest absolute Gasteiger partial charge is 0.221 e. The maximum Gasteiger partial charge on any atom is 0.221 e. The van der Waals surface area contributed by atoms with Crippen LogP contribution in [0.2, 0.25) is 0 Å². The van der Waals surface area contributed by atoms with Gasteiger partial charge in [0.2, 0.25) is 5.91 Å². The second-order valence-corrected chi connectivity index (χ2v) is 4.84. The predicted octanol–water partition coefficient (Wildman–Crippen LogP) is 0.215. The van der Waals surface area contributed by atoms with E-state index in [-0.39, 0.29) is 24.2 Å². The average molecular weight is 248 g/mol. The van der Waals surface area contributed by atoms with Crippen LogP contribution in [-0.2, 0) is 4.79 Å². The molecular weight excluding hydrogens is 226 g/mol. The van der Waals surface area contributed by atoms with Crippen LogP contribution in [0.4, 0.5) is 0 Å². The summed E-state index contributed by atoms with van der Waals surface area (Å²) < 4.78 is 0. The molecule has 0 saturated carbocycles. The molecule has 2 saturated heterocycles. The molecule has 1 amide bonds. The predicted molar refractivity (Wildman–Crippen MR) is 66.6 cm³/mol. The molecule has 16 heavy (non-hydrogen) atoms. The Morgan fingerprint density at radius 1 is 1.31 bits per heavy atom. The van der Waals surface area contributed by atoms with Gasteiger partial charge in [-0.2, -0.15) is 0 Å². The second kappa shape index (κ2) is 6.42. The Morgan fingerprint density at radius 3 is 2.56 bits per heavy atom. The number of piperidine rings is 1. The molecule has 0 aromatic rings. The van der Waals surface area contributed by atoms with Gasteiger partial charge in [-0.3, -0.25) is 4.79 Å². The summed E-state index contributed by atoms with van der Waals surface area (Å²) >= 11 is 0. The van der Waals surface area contributed by atoms with E-state index in [1.165, 1.54) is 12.8 Å². The number of hydrogen-bond donors (Lipinski definition) is 2. The lowest BCUT2D eigenvalue weighted by Gasteiger charge is -2.27. The number of rotatable bonds is 3. The maximum absolute atomic E-state index is 11.0. The fraction of sp³-hybridized carbons (Fsp3) is 0.909. The monoisotopic (exact) mass is 247 g/mol. The van der Waals surface area contributed by atoms with Crippen LogP contribution in [-0.4, -0.2) is 43.5 Å². The van der Waals surface area contributed by atoms with E-state index in [1.54, 1.807) is 0 Å². The molecule has 0 radical (unpaired) electrons. The Labute approximate surface area is 103 Å². The molecule has 2 aliphatic heterocycles. The Kier molecular flexibility index (Phi) is 5.52. The molecule has 4 nitrogen and oxygen atoms in total. The number of likely N-dealkylation sites (tertiary alicyclic amines) is 1. The van der Waals surface area contributed by atoms with Crippen molar-refractivity contribution in [1.29, 1.82) is 0 Å². The highest BCUT2D eigenvalue weighted by atomic mass is 35.5. The van der Waals surface area contributed by atoms with Gasteiger partial charge in [0.15, 0.2) is 0 Å². The molecule has 1 unspecified atom stereocenters. The third-order valence-corrected chi connectivity index (χ3v) is 3.65. The van der Waals surface area contributed by atoms with Gasteiger partial charge >= 0.3 is 0 Å². The molecule has 2 rings (SSSR count). The van der Waals surface area contributed by atoms with E-state index in [1.807, 2.05) is 0 Å². The third kappa shape index (κ3) is 3.61. The summed E-state index contributed by atoms with van der Waals surface area (Å²) in [4.78, 5) is 13.4. The van der Waals surface area contributed by atoms with Crippen molar-refractivity contribution >= 4 is 18.3 Å². The standard InChI is InChI=1S/C11H21N3O.ClH/c12-11(15)10-3-6-14(8-10)7-9-1-4-13-5-2-9;/h9-10,13H,1-8H2,(H2,12,15);1H. The van der Waals surface area contributed by atoms with E-state index in [2.05, 4.69) is 10.2 Å². The minimum Gasteiger partial charge on any atom is -0.369 e. The van der Waals surface area contributed by atoms with Crippen LogP contribution in [0.1, 0.15) is 19.3 Å². The topological polar surface area (TPSA) is 58.4 Å². The lowest BCUT2D eigenvalue weighted by Crippen LogP contribution is -2.36. The van der Waals surface area contributed by atoms with E-state index in [0.717, 1.165) is 45.1 Å². The molecule has 0 spiro atoms. The Morgan fingerprint density at radius 2 is 2.00 bits per heavy atom. The molecule has 5 heteroatoms. The molecule has 0 bridgehead atoms. The quantitative estimate of drug-likeness (QED) is 0.750. The fourth-order valence-corrected chi connectivity index (χ4v) is 2.66. The van der Waals surface area contributed by atoms with Crippen LogP contribution in [0.3, 0.4) is 0 Å². The number of nitrogens with zero attached hydrogens (tertiary/aromatic N) is 1. The van der Waals surface area contributed by atoms with Crippen molar-refractivity contribution in [3.05, 3.63) is 0 Å². The summed E-state index contributed by atoms with van der Waals surface area (Å²) in [7, 11) is 0. The Hall–Kier alpha value is -0.320. The van der Waals surface area contributed by atoms with Gasteiger partial charge in [-0.25, -0.2) is 0 Å². The van der Waals surface area contributed by atoms with Crippen molar-refractivity contribution in [3.8, 4) is 0 Å². The number of carbonyl (C=O) groups is 1. The minimum atomic E-state index is -0.122. The average Bonchev–Trinajstić information content (AvgIpc) is 2.68. The van der Waals surface area contributed by atoms with Gasteiger partial charge in [0, 0.05) is 13.1 Å². The first-order valence-electron chi connectivity index (χ1n) is 5.98. The van der Waals surface area contributed by atoms with Gasteiger partial charge in [0.25, 0.3) is 0 Å². The van der Waals surface area contributed by atoms with Crippen LogP contribution in [0.5, 0.6) is 0 Å². The number of nitrogens with two attached hydrogens (primary N) is 1. The number of nitrogens with one attached hydrogen (secondary N) is 1. The van der Waals surface area contributed by atoms with Crippen LogP contribution < -0.4 is 11.1 Å². The van der Waals surface area contributed by atoms with Gasteiger partial charge in [0.1, 0.15) is 0 Å². The summed E-state index contributed by atoms with van der Waals surface area (Å²) in [5, 5.41) is 3.37. The Balaban J connectivity index is 0.00000128. The number of primary amides is 1. The van der Waals surface area contributed by atoms with E-state index >= 15 is 0 Å². The van der Waals surface area contributed by atoms with Crippen LogP contribution in [0, 0.1) is 11.8 Å². The fourth-order valence-electron chi connectivity index (χ4n) is 2.66. The zero-order chi connectivity index (χ0) is 10.7. The lowest BCUT2D eigenvalue weighted by molar-refractivity contribution is -0.121. The molecule has 2 aliphatic rings. The molecule has 1 atom stereocenters. The highest BCUT2D eigenvalue weighted by Crippen LogP contribution is 2.20. The van der Waals surface area contributed by atoms with E-state index in [0.29, 0.717) is 0 Å². The summed E-state index contributed by atoms with van der Waals surface area (Å²) in [6.07, 6.45) is 3.51. The SMILES string of the molecule is Cl.NC(=O)C1CCN(CC2CCNCC2)C1.